The first kappa shape index (κ1) is 15.9. The van der Waals surface area contributed by atoms with Gasteiger partial charge in [0.2, 0.25) is 0 Å². The van der Waals surface area contributed by atoms with Crippen LogP contribution in [-0.4, -0.2) is 19.3 Å². The molecule has 0 aromatic heterocycles. The zero-order chi connectivity index (χ0) is 14.6. The minimum Gasteiger partial charge on any atom is -0.311 e. The monoisotopic (exact) mass is 266 g/mol. The van der Waals surface area contributed by atoms with Crippen molar-refractivity contribution in [3.63, 3.8) is 0 Å². The number of nitrogens with zero attached hydrogens (tertiary/aromatic N) is 1. The normalized spacial score (nSPS) is 12.3. The van der Waals surface area contributed by atoms with E-state index in [4.69, 9.17) is 0 Å². The first-order valence-corrected chi connectivity index (χ1v) is 6.67. The summed E-state index contributed by atoms with van der Waals surface area (Å²) in [5.74, 6) is 0. The first-order valence-electron chi connectivity index (χ1n) is 6.67. The Morgan fingerprint density at radius 3 is 2.85 bits per heavy atom. The molecule has 0 bridgehead atoms. The second kappa shape index (κ2) is 9.70. The number of aliphatic imine (C=N–C) groups is 1. The molecule has 0 saturated carbocycles. The van der Waals surface area contributed by atoms with Gasteiger partial charge in [-0.1, -0.05) is 67.8 Å². The summed E-state index contributed by atoms with van der Waals surface area (Å²) in [6.45, 7) is 13.2. The van der Waals surface area contributed by atoms with Crippen molar-refractivity contribution in [2.45, 2.75) is 6.42 Å². The molecule has 0 saturated heterocycles. The number of hydrogen-bond acceptors (Lipinski definition) is 2. The highest BCUT2D eigenvalue weighted by molar-refractivity contribution is 5.63. The van der Waals surface area contributed by atoms with Gasteiger partial charge in [-0.3, -0.25) is 4.99 Å². The molecule has 0 atom stereocenters. The molecule has 1 aromatic carbocycles. The van der Waals surface area contributed by atoms with Crippen molar-refractivity contribution in [1.29, 1.82) is 0 Å². The molecule has 0 fully saturated rings. The first-order chi connectivity index (χ1) is 9.74. The molecular weight excluding hydrogens is 244 g/mol. The lowest BCUT2D eigenvalue weighted by molar-refractivity contribution is 0.766. The summed E-state index contributed by atoms with van der Waals surface area (Å²) >= 11 is 0. The largest absolute Gasteiger partial charge is 0.311 e. The van der Waals surface area contributed by atoms with Crippen molar-refractivity contribution in [3.8, 4) is 0 Å². The lowest BCUT2D eigenvalue weighted by Crippen LogP contribution is -2.21. The fourth-order valence-corrected chi connectivity index (χ4v) is 1.55. The van der Waals surface area contributed by atoms with Crippen LogP contribution in [0.2, 0.25) is 0 Å². The number of allylic oxidation sites excluding steroid dienone is 3. The number of nitrogens with one attached hydrogen (secondary N) is 1. The second-order valence-electron chi connectivity index (χ2n) is 4.37. The predicted molar refractivity (Wildman–Crippen MR) is 90.1 cm³/mol. The second-order valence-corrected chi connectivity index (χ2v) is 4.37. The van der Waals surface area contributed by atoms with Gasteiger partial charge in [0.25, 0.3) is 0 Å². The minimum absolute atomic E-state index is 0.744. The van der Waals surface area contributed by atoms with E-state index in [-0.39, 0.29) is 0 Å². The van der Waals surface area contributed by atoms with E-state index in [1.807, 2.05) is 48.8 Å². The summed E-state index contributed by atoms with van der Waals surface area (Å²) in [6.07, 6.45) is 10.2. The van der Waals surface area contributed by atoms with Gasteiger partial charge in [0.15, 0.2) is 0 Å². The average molecular weight is 266 g/mol. The topological polar surface area (TPSA) is 24.4 Å². The van der Waals surface area contributed by atoms with E-state index >= 15 is 0 Å². The zero-order valence-corrected chi connectivity index (χ0v) is 11.9. The Morgan fingerprint density at radius 1 is 1.30 bits per heavy atom. The molecule has 2 heteroatoms. The zero-order valence-electron chi connectivity index (χ0n) is 11.9. The van der Waals surface area contributed by atoms with Crippen LogP contribution in [0.15, 0.2) is 66.2 Å². The lowest BCUT2D eigenvalue weighted by Gasteiger charge is -2.00. The molecule has 0 spiro atoms. The lowest BCUT2D eigenvalue weighted by atomic mass is 10.2. The summed E-state index contributed by atoms with van der Waals surface area (Å²) in [5.41, 5.74) is 1.09. The van der Waals surface area contributed by atoms with E-state index in [1.165, 1.54) is 0 Å². The fraction of sp³-hybridized carbons (Fsp3) is 0.167. The van der Waals surface area contributed by atoms with Gasteiger partial charge in [-0.15, -0.1) is 0 Å². The predicted octanol–water partition coefficient (Wildman–Crippen LogP) is 2.18. The standard InChI is InChI=1S/C18H22N2/c1-4-5-8-16(2)11-12-19-13-14-20-15-18-10-7-6-9-17(18)3/h4-10,14-15,19H,1-3,11-13H2/b8-5-,18-15-,20-14?. The van der Waals surface area contributed by atoms with Gasteiger partial charge in [-0.05, 0) is 23.4 Å². The van der Waals surface area contributed by atoms with Crippen LogP contribution in [0.1, 0.15) is 6.42 Å². The van der Waals surface area contributed by atoms with Crippen LogP contribution in [0.5, 0.6) is 0 Å². The third-order valence-electron chi connectivity index (χ3n) is 2.70. The maximum absolute atomic E-state index is 4.27. The van der Waals surface area contributed by atoms with E-state index in [0.29, 0.717) is 0 Å². The van der Waals surface area contributed by atoms with E-state index in [1.54, 1.807) is 6.08 Å². The molecule has 2 nitrogen and oxygen atoms in total. The van der Waals surface area contributed by atoms with Crippen LogP contribution in [-0.2, 0) is 0 Å². The molecule has 0 aliphatic heterocycles. The van der Waals surface area contributed by atoms with E-state index in [2.05, 4.69) is 30.0 Å². The average Bonchev–Trinajstić information content (AvgIpc) is 2.46. The molecule has 1 rings (SSSR count). The van der Waals surface area contributed by atoms with Gasteiger partial charge in [0.1, 0.15) is 0 Å². The summed E-state index contributed by atoms with van der Waals surface area (Å²) in [5, 5.41) is 5.32. The molecule has 1 N–H and O–H groups in total. The third-order valence-corrected chi connectivity index (χ3v) is 2.70. The van der Waals surface area contributed by atoms with Crippen molar-refractivity contribution in [1.82, 2.24) is 5.32 Å². The van der Waals surface area contributed by atoms with Gasteiger partial charge in [0.05, 0.1) is 0 Å². The van der Waals surface area contributed by atoms with Crippen LogP contribution >= 0.6 is 0 Å². The molecule has 104 valence electrons. The minimum atomic E-state index is 0.744. The molecular formula is C18H22N2. The van der Waals surface area contributed by atoms with Gasteiger partial charge in [0, 0.05) is 19.0 Å². The van der Waals surface area contributed by atoms with E-state index in [9.17, 15) is 0 Å². The summed E-state index contributed by atoms with van der Waals surface area (Å²) in [4.78, 5) is 4.27. The quantitative estimate of drug-likeness (QED) is 0.435. The maximum Gasteiger partial charge on any atom is 0.0342 e. The Balaban J connectivity index is 2.27. The van der Waals surface area contributed by atoms with Crippen LogP contribution in [0.4, 0.5) is 0 Å². The Hall–Kier alpha value is -2.19. The fourth-order valence-electron chi connectivity index (χ4n) is 1.55. The Morgan fingerprint density at radius 2 is 2.10 bits per heavy atom. The van der Waals surface area contributed by atoms with Crippen LogP contribution in [0.3, 0.4) is 0 Å². The molecule has 0 heterocycles. The molecule has 0 amide bonds. The smallest absolute Gasteiger partial charge is 0.0342 e. The molecule has 0 unspecified atom stereocenters. The number of rotatable bonds is 8. The summed E-state index contributed by atoms with van der Waals surface area (Å²) in [6, 6.07) is 7.93. The van der Waals surface area contributed by atoms with E-state index < -0.39 is 0 Å². The van der Waals surface area contributed by atoms with Gasteiger partial charge < -0.3 is 5.32 Å². The number of hydrogen-bond donors (Lipinski definition) is 1. The van der Waals surface area contributed by atoms with E-state index in [0.717, 1.165) is 35.5 Å². The van der Waals surface area contributed by atoms with Crippen molar-refractivity contribution >= 4 is 19.0 Å². The SMILES string of the molecule is C=C/C=C\C(=C)CCNCC=N/C=c1/ccccc1=C. The molecule has 0 radical (unpaired) electrons. The van der Waals surface area contributed by atoms with Crippen LogP contribution in [0, 0.1) is 0 Å². The summed E-state index contributed by atoms with van der Waals surface area (Å²) < 4.78 is 0. The third kappa shape index (κ3) is 6.66. The Labute approximate surface area is 121 Å². The van der Waals surface area contributed by atoms with Gasteiger partial charge >= 0.3 is 0 Å². The highest BCUT2D eigenvalue weighted by atomic mass is 14.9. The van der Waals surface area contributed by atoms with Crippen LogP contribution in [0.25, 0.3) is 12.8 Å². The van der Waals surface area contributed by atoms with Gasteiger partial charge in [-0.2, -0.15) is 0 Å². The molecule has 20 heavy (non-hydrogen) atoms. The maximum atomic E-state index is 4.27. The van der Waals surface area contributed by atoms with Crippen molar-refractivity contribution in [2.75, 3.05) is 13.1 Å². The molecule has 1 aromatic rings. The summed E-state index contributed by atoms with van der Waals surface area (Å²) in [7, 11) is 0. The van der Waals surface area contributed by atoms with Gasteiger partial charge in [-0.25, -0.2) is 0 Å². The van der Waals surface area contributed by atoms with Crippen molar-refractivity contribution in [3.05, 3.63) is 71.7 Å². The van der Waals surface area contributed by atoms with Crippen molar-refractivity contribution < 1.29 is 0 Å². The van der Waals surface area contributed by atoms with Crippen LogP contribution < -0.4 is 15.8 Å². The Bertz CT molecular complexity index is 594. The highest BCUT2D eigenvalue weighted by Gasteiger charge is 1.88. The van der Waals surface area contributed by atoms with Crippen molar-refractivity contribution in [2.24, 2.45) is 4.99 Å². The molecule has 0 aliphatic carbocycles. The Kier molecular flexibility index (Phi) is 7.70. The number of benzene rings is 1. The molecule has 0 aliphatic rings. The highest BCUT2D eigenvalue weighted by Crippen LogP contribution is 1.97.